The van der Waals surface area contributed by atoms with Gasteiger partial charge in [0.2, 0.25) is 0 Å². The Labute approximate surface area is 98.7 Å². The largest absolute Gasteiger partial charge is 0.330 e. The molecule has 0 aliphatic carbocycles. The molecule has 0 aliphatic rings. The van der Waals surface area contributed by atoms with Gasteiger partial charge in [-0.2, -0.15) is 0 Å². The molecule has 0 radical (unpaired) electrons. The quantitative estimate of drug-likeness (QED) is 0.886. The van der Waals surface area contributed by atoms with E-state index < -0.39 is 0 Å². The van der Waals surface area contributed by atoms with Gasteiger partial charge < -0.3 is 5.73 Å². The fourth-order valence-corrected chi connectivity index (χ4v) is 2.80. The summed E-state index contributed by atoms with van der Waals surface area (Å²) in [5.41, 5.74) is 5.75. The predicted octanol–water partition coefficient (Wildman–Crippen LogP) is 2.05. The van der Waals surface area contributed by atoms with Gasteiger partial charge in [0.25, 0.3) is 5.56 Å². The van der Waals surface area contributed by atoms with Crippen LogP contribution < -0.4 is 11.3 Å². The van der Waals surface area contributed by atoms with Gasteiger partial charge in [0.15, 0.2) is 0 Å². The van der Waals surface area contributed by atoms with E-state index in [0.29, 0.717) is 13.1 Å². The number of hydrogen-bond acceptors (Lipinski definition) is 3. The van der Waals surface area contributed by atoms with E-state index in [9.17, 15) is 4.79 Å². The van der Waals surface area contributed by atoms with Crippen LogP contribution in [0.15, 0.2) is 29.1 Å². The van der Waals surface area contributed by atoms with E-state index in [4.69, 9.17) is 5.73 Å². The first-order chi connectivity index (χ1) is 7.53. The van der Waals surface area contributed by atoms with Crippen LogP contribution in [0.25, 0.3) is 10.1 Å². The highest BCUT2D eigenvalue weighted by Crippen LogP contribution is 2.21. The maximum atomic E-state index is 12.1. The highest BCUT2D eigenvalue weighted by molar-refractivity contribution is 7.13. The van der Waals surface area contributed by atoms with E-state index in [2.05, 4.69) is 13.8 Å². The second-order valence-corrected chi connectivity index (χ2v) is 5.86. The Hall–Kier alpha value is -1.13. The van der Waals surface area contributed by atoms with Crippen molar-refractivity contribution in [1.82, 2.24) is 3.96 Å². The monoisotopic (exact) mass is 236 g/mol. The molecule has 0 saturated carbocycles. The summed E-state index contributed by atoms with van der Waals surface area (Å²) >= 11 is 1.51. The maximum Gasteiger partial charge on any atom is 0.268 e. The van der Waals surface area contributed by atoms with Crippen LogP contribution in [0.3, 0.4) is 0 Å². The molecule has 0 bridgehead atoms. The van der Waals surface area contributed by atoms with Crippen molar-refractivity contribution < 1.29 is 0 Å². The summed E-state index contributed by atoms with van der Waals surface area (Å²) in [6.45, 7) is 5.41. The van der Waals surface area contributed by atoms with Gasteiger partial charge in [-0.05, 0) is 24.1 Å². The molecular weight excluding hydrogens is 220 g/mol. The normalized spacial score (nSPS) is 12.2. The number of rotatable bonds is 3. The smallest absolute Gasteiger partial charge is 0.268 e. The van der Waals surface area contributed by atoms with Crippen molar-refractivity contribution in [1.29, 1.82) is 0 Å². The molecule has 0 unspecified atom stereocenters. The summed E-state index contributed by atoms with van der Waals surface area (Å²) < 4.78 is 2.85. The third-order valence-corrected chi connectivity index (χ3v) is 3.74. The van der Waals surface area contributed by atoms with Crippen molar-refractivity contribution >= 4 is 21.6 Å². The van der Waals surface area contributed by atoms with Crippen LogP contribution >= 0.6 is 11.5 Å². The molecule has 0 spiro atoms. The topological polar surface area (TPSA) is 48.0 Å². The van der Waals surface area contributed by atoms with Gasteiger partial charge in [-0.3, -0.25) is 8.75 Å². The molecule has 2 N–H and O–H groups in total. The minimum absolute atomic E-state index is 0.0370. The Morgan fingerprint density at radius 1 is 1.38 bits per heavy atom. The SMILES string of the molecule is CC(C)(CN)Cn1sc2ccccc2c1=O. The van der Waals surface area contributed by atoms with Crippen LogP contribution in [-0.2, 0) is 6.54 Å². The number of nitrogens with two attached hydrogens (primary N) is 1. The molecule has 3 nitrogen and oxygen atoms in total. The van der Waals surface area contributed by atoms with Gasteiger partial charge in [-0.25, -0.2) is 0 Å². The average Bonchev–Trinajstić information content (AvgIpc) is 2.56. The Bertz CT molecular complexity index is 553. The number of fused-ring (bicyclic) bond motifs is 1. The zero-order valence-electron chi connectivity index (χ0n) is 9.56. The van der Waals surface area contributed by atoms with Crippen molar-refractivity contribution in [2.75, 3.05) is 6.54 Å². The second kappa shape index (κ2) is 4.03. The number of hydrogen-bond donors (Lipinski definition) is 1. The Morgan fingerprint density at radius 2 is 2.06 bits per heavy atom. The average molecular weight is 236 g/mol. The number of benzene rings is 1. The summed E-state index contributed by atoms with van der Waals surface area (Å²) in [7, 11) is 0. The fourth-order valence-electron chi connectivity index (χ4n) is 1.57. The standard InChI is InChI=1S/C12H16N2OS/c1-12(2,7-13)8-14-11(15)9-5-3-4-6-10(9)16-14/h3-6H,7-8,13H2,1-2H3. The fraction of sp³-hybridized carbons (Fsp3) is 0.417. The molecule has 1 aromatic carbocycles. The molecule has 2 aromatic rings. The molecule has 2 rings (SSSR count). The van der Waals surface area contributed by atoms with Gasteiger partial charge in [-0.15, -0.1) is 0 Å². The molecule has 0 fully saturated rings. The van der Waals surface area contributed by atoms with E-state index in [0.717, 1.165) is 10.1 Å². The minimum Gasteiger partial charge on any atom is -0.330 e. The van der Waals surface area contributed by atoms with Crippen LogP contribution in [-0.4, -0.2) is 10.5 Å². The molecule has 0 aliphatic heterocycles. The first-order valence-corrected chi connectivity index (χ1v) is 6.10. The van der Waals surface area contributed by atoms with E-state index in [1.165, 1.54) is 11.5 Å². The molecule has 4 heteroatoms. The zero-order chi connectivity index (χ0) is 11.8. The molecule has 86 valence electrons. The first kappa shape index (κ1) is 11.4. The summed E-state index contributed by atoms with van der Waals surface area (Å²) in [6.07, 6.45) is 0. The third kappa shape index (κ3) is 2.03. The van der Waals surface area contributed by atoms with Gasteiger partial charge in [0.1, 0.15) is 0 Å². The lowest BCUT2D eigenvalue weighted by atomic mass is 9.94. The lowest BCUT2D eigenvalue weighted by Gasteiger charge is -2.21. The predicted molar refractivity (Wildman–Crippen MR) is 68.9 cm³/mol. The van der Waals surface area contributed by atoms with E-state index in [1.54, 1.807) is 3.96 Å². The Kier molecular flexibility index (Phi) is 2.86. The summed E-state index contributed by atoms with van der Waals surface area (Å²) in [4.78, 5) is 12.1. The summed E-state index contributed by atoms with van der Waals surface area (Å²) in [5.74, 6) is 0. The van der Waals surface area contributed by atoms with E-state index in [1.807, 2.05) is 24.3 Å². The zero-order valence-corrected chi connectivity index (χ0v) is 10.4. The van der Waals surface area contributed by atoms with Crippen LogP contribution in [0, 0.1) is 5.41 Å². The molecule has 1 heterocycles. The maximum absolute atomic E-state index is 12.1. The van der Waals surface area contributed by atoms with Gasteiger partial charge in [0.05, 0.1) is 10.1 Å². The number of aromatic nitrogens is 1. The van der Waals surface area contributed by atoms with Crippen molar-refractivity contribution in [2.45, 2.75) is 20.4 Å². The van der Waals surface area contributed by atoms with Crippen molar-refractivity contribution in [2.24, 2.45) is 11.1 Å². The molecule has 0 atom stereocenters. The Morgan fingerprint density at radius 3 is 2.69 bits per heavy atom. The van der Waals surface area contributed by atoms with E-state index >= 15 is 0 Å². The molecule has 1 aromatic heterocycles. The summed E-state index contributed by atoms with van der Waals surface area (Å²) in [6, 6.07) is 7.71. The van der Waals surface area contributed by atoms with Crippen molar-refractivity contribution in [3.8, 4) is 0 Å². The van der Waals surface area contributed by atoms with Crippen LogP contribution in [0.5, 0.6) is 0 Å². The molecule has 0 saturated heterocycles. The second-order valence-electron chi connectivity index (χ2n) is 4.80. The van der Waals surface area contributed by atoms with Crippen LogP contribution in [0.2, 0.25) is 0 Å². The molecule has 16 heavy (non-hydrogen) atoms. The first-order valence-electron chi connectivity index (χ1n) is 5.32. The minimum atomic E-state index is -0.0370. The third-order valence-electron chi connectivity index (χ3n) is 2.68. The number of nitrogens with zero attached hydrogens (tertiary/aromatic N) is 1. The molecular formula is C12H16N2OS. The Balaban J connectivity index is 2.47. The lowest BCUT2D eigenvalue weighted by Crippen LogP contribution is -2.31. The van der Waals surface area contributed by atoms with Crippen molar-refractivity contribution in [3.63, 3.8) is 0 Å². The van der Waals surface area contributed by atoms with Gasteiger partial charge in [-0.1, -0.05) is 37.5 Å². The lowest BCUT2D eigenvalue weighted by molar-refractivity contribution is 0.326. The summed E-state index contributed by atoms with van der Waals surface area (Å²) in [5, 5.41) is 0.806. The van der Waals surface area contributed by atoms with Crippen molar-refractivity contribution in [3.05, 3.63) is 34.6 Å². The highest BCUT2D eigenvalue weighted by atomic mass is 32.1. The van der Waals surface area contributed by atoms with E-state index in [-0.39, 0.29) is 11.0 Å². The molecule has 0 amide bonds. The van der Waals surface area contributed by atoms with Gasteiger partial charge >= 0.3 is 0 Å². The van der Waals surface area contributed by atoms with Crippen LogP contribution in [0.4, 0.5) is 0 Å². The van der Waals surface area contributed by atoms with Gasteiger partial charge in [0, 0.05) is 6.54 Å². The highest BCUT2D eigenvalue weighted by Gasteiger charge is 2.18. The van der Waals surface area contributed by atoms with Crippen LogP contribution in [0.1, 0.15) is 13.8 Å².